The van der Waals surface area contributed by atoms with Crippen LogP contribution in [0.15, 0.2) is 0 Å². The van der Waals surface area contributed by atoms with E-state index in [1.165, 1.54) is 4.90 Å². The average molecular weight is 318 g/mol. The molecule has 2 rings (SSSR count). The number of halogens is 3. The van der Waals surface area contributed by atoms with Gasteiger partial charge in [-0.2, -0.15) is 0 Å². The summed E-state index contributed by atoms with van der Waals surface area (Å²) >= 11 is 0. The molecule has 0 aromatic rings. The van der Waals surface area contributed by atoms with Gasteiger partial charge in [0.05, 0.1) is 0 Å². The van der Waals surface area contributed by atoms with Crippen LogP contribution in [0.2, 0.25) is 0 Å². The minimum absolute atomic E-state index is 0. The second-order valence-corrected chi connectivity index (χ2v) is 6.34. The van der Waals surface area contributed by atoms with Gasteiger partial charge in [0.1, 0.15) is 5.60 Å². The maximum atomic E-state index is 12.4. The fraction of sp³-hybridized carbons (Fsp3) is 0.909. The van der Waals surface area contributed by atoms with Crippen LogP contribution < -0.4 is 51.4 Å². The molecule has 0 unspecified atom stereocenters. The molecule has 0 spiro atoms. The Kier molecular flexibility index (Phi) is 6.06. The number of ether oxygens (including phenoxy) is 1. The number of amides is 1. The Hall–Kier alpha value is 0.721. The molecule has 9 heteroatoms. The third-order valence-electron chi connectivity index (χ3n) is 3.42. The van der Waals surface area contributed by atoms with E-state index in [0.29, 0.717) is 19.5 Å². The van der Waals surface area contributed by atoms with Gasteiger partial charge >= 0.3 is 64.5 Å². The first-order valence-corrected chi connectivity index (χ1v) is 6.50. The number of piperazine rings is 1. The number of carbonyl (C=O) groups excluding carboxylic acids is 1. The van der Waals surface area contributed by atoms with Crippen LogP contribution >= 0.6 is 0 Å². The van der Waals surface area contributed by atoms with Crippen LogP contribution in [0.3, 0.4) is 0 Å². The molecule has 0 N–H and O–H groups in total. The first-order chi connectivity index (χ1) is 8.55. The van der Waals surface area contributed by atoms with E-state index in [0.717, 1.165) is 0 Å². The first kappa shape index (κ1) is 18.8. The third-order valence-corrected chi connectivity index (χ3v) is 3.42. The van der Waals surface area contributed by atoms with Gasteiger partial charge in [-0.15, -0.1) is 0 Å². The molecule has 2 aliphatic rings. The van der Waals surface area contributed by atoms with Gasteiger partial charge in [0, 0.05) is 25.2 Å². The minimum atomic E-state index is -4.80. The predicted molar refractivity (Wildman–Crippen MR) is 65.8 cm³/mol. The maximum absolute atomic E-state index is 12.4. The van der Waals surface area contributed by atoms with Crippen LogP contribution in [0.1, 0.15) is 27.2 Å². The zero-order valence-electron chi connectivity index (χ0n) is 12.4. The van der Waals surface area contributed by atoms with Gasteiger partial charge in [-0.1, -0.05) is 0 Å². The number of hydrogen-bond donors (Lipinski definition) is 0. The van der Waals surface area contributed by atoms with E-state index in [2.05, 4.69) is 0 Å². The van der Waals surface area contributed by atoms with E-state index in [9.17, 15) is 17.7 Å². The Balaban J connectivity index is 0.00000200. The molecule has 2 atom stereocenters. The molecule has 2 fully saturated rings. The molecule has 1 amide bonds. The largest absolute Gasteiger partial charge is 1.00 e. The van der Waals surface area contributed by atoms with E-state index in [-0.39, 0.29) is 63.5 Å². The quantitative estimate of drug-likeness (QED) is 0.617. The van der Waals surface area contributed by atoms with Gasteiger partial charge in [-0.3, -0.25) is 0 Å². The van der Waals surface area contributed by atoms with Crippen LogP contribution in [0, 0.1) is 0 Å². The standard InChI is InChI=1S/C11H19BF3N2O2.K/c1-11(2,3)19-10(18)17-6-8-4-9(17)5-16(8)7-12(13,14)15;/h8-9H,4-7H2,1-3H3;/q-1;+1/t8-,9-;/m0./s1. The SMILES string of the molecule is CC(C)(C)OC(=O)N1C[C@@H]2C[C@H]1CN2C[B-](F)(F)F.[K+]. The van der Waals surface area contributed by atoms with Crippen molar-refractivity contribution in [1.82, 2.24) is 9.80 Å². The Labute approximate surface area is 159 Å². The molecule has 2 saturated heterocycles. The van der Waals surface area contributed by atoms with E-state index >= 15 is 0 Å². The van der Waals surface area contributed by atoms with Crippen molar-refractivity contribution in [3.63, 3.8) is 0 Å². The van der Waals surface area contributed by atoms with Crippen LogP contribution in [-0.2, 0) is 4.74 Å². The molecule has 110 valence electrons. The van der Waals surface area contributed by atoms with Crippen molar-refractivity contribution in [2.45, 2.75) is 44.9 Å². The number of hydrogen-bond acceptors (Lipinski definition) is 3. The van der Waals surface area contributed by atoms with E-state index in [1.807, 2.05) is 0 Å². The van der Waals surface area contributed by atoms with Gasteiger partial charge in [-0.25, -0.2) is 4.79 Å². The van der Waals surface area contributed by atoms with Gasteiger partial charge in [-0.05, 0) is 33.6 Å². The molecule has 0 aromatic carbocycles. The number of rotatable bonds is 2. The zero-order chi connectivity index (χ0) is 14.4. The van der Waals surface area contributed by atoms with Gasteiger partial charge < -0.3 is 27.5 Å². The molecule has 0 radical (unpaired) electrons. The second kappa shape index (κ2) is 6.46. The summed E-state index contributed by atoms with van der Waals surface area (Å²) in [6.45, 7) is 1.16. The molecule has 2 aliphatic heterocycles. The van der Waals surface area contributed by atoms with Gasteiger partial charge in [0.25, 0.3) is 0 Å². The van der Waals surface area contributed by atoms with Gasteiger partial charge in [0.15, 0.2) is 0 Å². The molecule has 0 aliphatic carbocycles. The molecule has 2 heterocycles. The molecular formula is C11H19BF3KN2O2. The van der Waals surface area contributed by atoms with Crippen LogP contribution in [0.5, 0.6) is 0 Å². The Morgan fingerprint density at radius 2 is 1.85 bits per heavy atom. The number of fused-ring (bicyclic) bond motifs is 2. The number of carbonyl (C=O) groups is 1. The van der Waals surface area contributed by atoms with Crippen molar-refractivity contribution in [3.8, 4) is 0 Å². The molecule has 0 aromatic heterocycles. The van der Waals surface area contributed by atoms with E-state index in [1.54, 1.807) is 25.7 Å². The molecule has 2 bridgehead atoms. The summed E-state index contributed by atoms with van der Waals surface area (Å²) in [5.41, 5.74) is -0.576. The summed E-state index contributed by atoms with van der Waals surface area (Å²) in [5, 5.41) is 0. The van der Waals surface area contributed by atoms with Crippen LogP contribution in [0.25, 0.3) is 0 Å². The van der Waals surface area contributed by atoms with E-state index in [4.69, 9.17) is 4.74 Å². The maximum Gasteiger partial charge on any atom is 1.00 e. The van der Waals surface area contributed by atoms with Crippen molar-refractivity contribution in [3.05, 3.63) is 0 Å². The topological polar surface area (TPSA) is 32.8 Å². The van der Waals surface area contributed by atoms with Crippen molar-refractivity contribution in [1.29, 1.82) is 0 Å². The fourth-order valence-corrected chi connectivity index (χ4v) is 2.78. The Morgan fingerprint density at radius 3 is 2.25 bits per heavy atom. The molecule has 0 saturated carbocycles. The average Bonchev–Trinajstić information content (AvgIpc) is 2.70. The molecular weight excluding hydrogens is 299 g/mol. The number of likely N-dealkylation sites (tertiary alicyclic amines) is 2. The minimum Gasteiger partial charge on any atom is -0.448 e. The fourth-order valence-electron chi connectivity index (χ4n) is 2.78. The van der Waals surface area contributed by atoms with Crippen LogP contribution in [0.4, 0.5) is 17.7 Å². The monoisotopic (exact) mass is 318 g/mol. The predicted octanol–water partition coefficient (Wildman–Crippen LogP) is -0.929. The summed E-state index contributed by atoms with van der Waals surface area (Å²) < 4.78 is 42.5. The molecule has 20 heavy (non-hydrogen) atoms. The Bertz CT molecular complexity index is 376. The van der Waals surface area contributed by atoms with Crippen molar-refractivity contribution >= 4 is 13.1 Å². The molecule has 4 nitrogen and oxygen atoms in total. The van der Waals surface area contributed by atoms with E-state index < -0.39 is 25.1 Å². The summed E-state index contributed by atoms with van der Waals surface area (Å²) in [4.78, 5) is 14.9. The zero-order valence-corrected chi connectivity index (χ0v) is 15.5. The summed E-state index contributed by atoms with van der Waals surface area (Å²) in [7, 11) is 0. The normalized spacial score (nSPS) is 26.6. The second-order valence-electron chi connectivity index (χ2n) is 6.34. The van der Waals surface area contributed by atoms with Crippen molar-refractivity contribution in [2.75, 3.05) is 19.5 Å². The van der Waals surface area contributed by atoms with Crippen molar-refractivity contribution < 1.29 is 73.9 Å². The number of nitrogens with zero attached hydrogens (tertiary/aromatic N) is 2. The summed E-state index contributed by atoms with van der Waals surface area (Å²) in [5.74, 6) is 0. The third kappa shape index (κ3) is 4.88. The van der Waals surface area contributed by atoms with Crippen molar-refractivity contribution in [2.24, 2.45) is 0 Å². The summed E-state index contributed by atoms with van der Waals surface area (Å²) in [6.07, 6.45) is -0.633. The van der Waals surface area contributed by atoms with Crippen LogP contribution in [-0.4, -0.2) is 60.1 Å². The Morgan fingerprint density at radius 1 is 1.25 bits per heavy atom. The summed E-state index contributed by atoms with van der Waals surface area (Å²) in [6, 6.07) is -0.320. The first-order valence-electron chi connectivity index (χ1n) is 6.50. The van der Waals surface area contributed by atoms with Gasteiger partial charge in [0.2, 0.25) is 0 Å². The smallest absolute Gasteiger partial charge is 0.448 e.